The zero-order valence-electron chi connectivity index (χ0n) is 19.8. The number of carbonyl (C=O) groups excluding carboxylic acids is 1. The quantitative estimate of drug-likeness (QED) is 0.574. The van der Waals surface area contributed by atoms with Gasteiger partial charge in [-0.1, -0.05) is 25.4 Å². The normalized spacial score (nSPS) is 16.6. The zero-order valence-corrected chi connectivity index (χ0v) is 20.6. The molecule has 1 fully saturated rings. The van der Waals surface area contributed by atoms with Crippen LogP contribution in [0.5, 0.6) is 0 Å². The van der Waals surface area contributed by atoms with Crippen molar-refractivity contribution >= 4 is 23.1 Å². The lowest BCUT2D eigenvalue weighted by molar-refractivity contribution is 0.0376. The predicted octanol–water partition coefficient (Wildman–Crippen LogP) is 5.58. The molecule has 0 aromatic carbocycles. The van der Waals surface area contributed by atoms with Crippen LogP contribution in [0.2, 0.25) is 5.02 Å². The molecule has 1 aliphatic heterocycles. The Morgan fingerprint density at radius 2 is 1.77 bits per heavy atom. The van der Waals surface area contributed by atoms with E-state index in [0.717, 1.165) is 42.7 Å². The van der Waals surface area contributed by atoms with Crippen LogP contribution in [-0.2, 0) is 4.74 Å². The molecule has 6 heteroatoms. The maximum absolute atomic E-state index is 12.7. The van der Waals surface area contributed by atoms with Crippen LogP contribution in [0.3, 0.4) is 0 Å². The van der Waals surface area contributed by atoms with Crippen LogP contribution in [-0.4, -0.2) is 59.5 Å². The summed E-state index contributed by atoms with van der Waals surface area (Å²) in [5.74, 6) is -0.271. The first kappa shape index (κ1) is 24.7. The molecule has 1 unspecified atom stereocenters. The largest absolute Gasteiger partial charge is 0.459 e. The number of pyridine rings is 1. The predicted molar refractivity (Wildman–Crippen MR) is 126 cm³/mol. The SMILES string of the molecule is CC.Cc1c(C(=O)OC(C)C)cc2cc(Cl)cn2c1C(C)N1CCC(N(C)C)CC1. The van der Waals surface area contributed by atoms with E-state index in [9.17, 15) is 4.79 Å². The molecule has 0 N–H and O–H groups in total. The van der Waals surface area contributed by atoms with Crippen molar-refractivity contribution in [3.05, 3.63) is 40.2 Å². The molecule has 0 radical (unpaired) electrons. The van der Waals surface area contributed by atoms with Gasteiger partial charge in [0.05, 0.1) is 16.7 Å². The van der Waals surface area contributed by atoms with Crippen LogP contribution >= 0.6 is 11.6 Å². The highest BCUT2D eigenvalue weighted by molar-refractivity contribution is 6.31. The number of piperidine rings is 1. The highest BCUT2D eigenvalue weighted by atomic mass is 35.5. The van der Waals surface area contributed by atoms with Gasteiger partial charge in [-0.25, -0.2) is 4.79 Å². The average Bonchev–Trinajstić information content (AvgIpc) is 3.07. The third-order valence-corrected chi connectivity index (χ3v) is 6.10. The molecular formula is C24H38ClN3O2. The number of hydrogen-bond acceptors (Lipinski definition) is 4. The van der Waals surface area contributed by atoms with E-state index in [2.05, 4.69) is 35.2 Å². The molecule has 168 valence electrons. The van der Waals surface area contributed by atoms with E-state index in [0.29, 0.717) is 16.6 Å². The molecule has 3 heterocycles. The molecule has 0 amide bonds. The van der Waals surface area contributed by atoms with E-state index < -0.39 is 0 Å². The number of nitrogens with zero attached hydrogens (tertiary/aromatic N) is 3. The number of hydrogen-bond donors (Lipinski definition) is 0. The maximum Gasteiger partial charge on any atom is 0.338 e. The summed E-state index contributed by atoms with van der Waals surface area (Å²) in [5, 5.41) is 0.675. The Morgan fingerprint density at radius 3 is 2.30 bits per heavy atom. The second-order valence-electron chi connectivity index (χ2n) is 8.38. The number of likely N-dealkylation sites (tertiary alicyclic amines) is 1. The molecule has 5 nitrogen and oxygen atoms in total. The first-order valence-corrected chi connectivity index (χ1v) is 11.5. The summed E-state index contributed by atoms with van der Waals surface area (Å²) in [7, 11) is 4.31. The second kappa shape index (κ2) is 10.7. The number of halogens is 1. The molecule has 30 heavy (non-hydrogen) atoms. The summed E-state index contributed by atoms with van der Waals surface area (Å²) in [6, 6.07) is 4.61. The number of rotatable bonds is 5. The van der Waals surface area contributed by atoms with Crippen molar-refractivity contribution in [1.82, 2.24) is 14.2 Å². The van der Waals surface area contributed by atoms with Crippen LogP contribution in [0.4, 0.5) is 0 Å². The first-order valence-electron chi connectivity index (χ1n) is 11.1. The van der Waals surface area contributed by atoms with Gasteiger partial charge in [0.25, 0.3) is 0 Å². The van der Waals surface area contributed by atoms with Crippen molar-refractivity contribution in [1.29, 1.82) is 0 Å². The van der Waals surface area contributed by atoms with Crippen molar-refractivity contribution < 1.29 is 9.53 Å². The number of carbonyl (C=O) groups is 1. The van der Waals surface area contributed by atoms with Gasteiger partial charge in [-0.3, -0.25) is 4.90 Å². The zero-order chi connectivity index (χ0) is 22.6. The molecule has 2 aromatic heterocycles. The highest BCUT2D eigenvalue weighted by Gasteiger charge is 2.28. The Hall–Kier alpha value is -1.56. The minimum Gasteiger partial charge on any atom is -0.459 e. The van der Waals surface area contributed by atoms with Crippen molar-refractivity contribution in [2.45, 2.75) is 72.6 Å². The molecular weight excluding hydrogens is 398 g/mol. The molecule has 1 atom stereocenters. The second-order valence-corrected chi connectivity index (χ2v) is 8.82. The Balaban J connectivity index is 0.00000155. The summed E-state index contributed by atoms with van der Waals surface area (Å²) in [5.41, 5.74) is 3.63. The number of fused-ring (bicyclic) bond motifs is 1. The van der Waals surface area contributed by atoms with E-state index in [1.165, 1.54) is 0 Å². The number of esters is 1. The highest BCUT2D eigenvalue weighted by Crippen LogP contribution is 2.32. The van der Waals surface area contributed by atoms with E-state index in [1.54, 1.807) is 0 Å². The van der Waals surface area contributed by atoms with Crippen LogP contribution in [0.25, 0.3) is 5.52 Å². The lowest BCUT2D eigenvalue weighted by Crippen LogP contribution is -2.43. The van der Waals surface area contributed by atoms with E-state index in [-0.39, 0.29) is 18.1 Å². The molecule has 0 aliphatic carbocycles. The molecule has 1 saturated heterocycles. The summed E-state index contributed by atoms with van der Waals surface area (Å²) in [6.45, 7) is 14.1. The van der Waals surface area contributed by atoms with Crippen LogP contribution in [0, 0.1) is 6.92 Å². The Bertz CT molecular complexity index is 852. The van der Waals surface area contributed by atoms with Crippen LogP contribution in [0.1, 0.15) is 75.1 Å². The van der Waals surface area contributed by atoms with Gasteiger partial charge in [0.2, 0.25) is 0 Å². The Kier molecular flexibility index (Phi) is 8.77. The van der Waals surface area contributed by atoms with Gasteiger partial charge in [0, 0.05) is 42.6 Å². The van der Waals surface area contributed by atoms with Gasteiger partial charge in [-0.2, -0.15) is 0 Å². The van der Waals surface area contributed by atoms with Gasteiger partial charge in [0.15, 0.2) is 0 Å². The fraction of sp³-hybridized carbons (Fsp3) is 0.625. The molecule has 1 aliphatic rings. The smallest absolute Gasteiger partial charge is 0.338 e. The molecule has 0 saturated carbocycles. The molecule has 0 bridgehead atoms. The first-order chi connectivity index (χ1) is 14.2. The molecule has 0 spiro atoms. The van der Waals surface area contributed by atoms with Crippen molar-refractivity contribution in [2.24, 2.45) is 0 Å². The summed E-state index contributed by atoms with van der Waals surface area (Å²) < 4.78 is 7.62. The Labute approximate surface area is 186 Å². The number of ether oxygens (including phenoxy) is 1. The number of aromatic nitrogens is 1. The van der Waals surface area contributed by atoms with Gasteiger partial charge in [0.1, 0.15) is 0 Å². The third-order valence-electron chi connectivity index (χ3n) is 5.89. The van der Waals surface area contributed by atoms with Crippen molar-refractivity contribution in [3.63, 3.8) is 0 Å². The van der Waals surface area contributed by atoms with Gasteiger partial charge < -0.3 is 14.0 Å². The summed E-state index contributed by atoms with van der Waals surface area (Å²) >= 11 is 6.31. The fourth-order valence-corrected chi connectivity index (χ4v) is 4.52. The van der Waals surface area contributed by atoms with Crippen LogP contribution in [0.15, 0.2) is 18.3 Å². The lowest BCUT2D eigenvalue weighted by atomic mass is 9.98. The van der Waals surface area contributed by atoms with E-state index in [1.807, 2.05) is 52.9 Å². The Morgan fingerprint density at radius 1 is 1.17 bits per heavy atom. The summed E-state index contributed by atoms with van der Waals surface area (Å²) in [6.07, 6.45) is 4.10. The average molecular weight is 436 g/mol. The van der Waals surface area contributed by atoms with Crippen LogP contribution < -0.4 is 0 Å². The standard InChI is InChI=1S/C22H32ClN3O2.C2H6/c1-14(2)28-22(27)20-12-19-11-17(23)13-26(19)21(15(20)3)16(4)25-9-7-18(8-10-25)24(5)6;1-2/h11-14,16,18H,7-10H2,1-6H3;1-2H3. The fourth-order valence-electron chi connectivity index (χ4n) is 4.31. The van der Waals surface area contributed by atoms with Gasteiger partial charge in [-0.15, -0.1) is 0 Å². The van der Waals surface area contributed by atoms with Crippen molar-refractivity contribution in [2.75, 3.05) is 27.2 Å². The lowest BCUT2D eigenvalue weighted by Gasteiger charge is -2.39. The summed E-state index contributed by atoms with van der Waals surface area (Å²) in [4.78, 5) is 17.5. The third kappa shape index (κ3) is 5.37. The van der Waals surface area contributed by atoms with Gasteiger partial charge in [-0.05, 0) is 72.3 Å². The van der Waals surface area contributed by atoms with Crippen molar-refractivity contribution in [3.8, 4) is 0 Å². The van der Waals surface area contributed by atoms with Gasteiger partial charge >= 0.3 is 5.97 Å². The molecule has 3 rings (SSSR count). The van der Waals surface area contributed by atoms with E-state index in [4.69, 9.17) is 16.3 Å². The maximum atomic E-state index is 12.7. The topological polar surface area (TPSA) is 37.2 Å². The monoisotopic (exact) mass is 435 g/mol. The minimum absolute atomic E-state index is 0.149. The minimum atomic E-state index is -0.271. The molecule has 2 aromatic rings. The van der Waals surface area contributed by atoms with E-state index >= 15 is 0 Å².